The summed E-state index contributed by atoms with van der Waals surface area (Å²) in [5, 5.41) is 3.19. The number of nitrogens with zero attached hydrogens (tertiary/aromatic N) is 2. The zero-order chi connectivity index (χ0) is 15.2. The normalized spacial score (nSPS) is 11.1. The molecule has 0 aliphatic heterocycles. The zero-order valence-electron chi connectivity index (χ0n) is 12.8. The number of halogens is 1. The van der Waals surface area contributed by atoms with Crippen molar-refractivity contribution in [2.24, 2.45) is 0 Å². The molecule has 0 aliphatic rings. The van der Waals surface area contributed by atoms with Crippen molar-refractivity contribution >= 4 is 0 Å². The maximum Gasteiger partial charge on any atom is 0.130 e. The Kier molecular flexibility index (Phi) is 5.33. The molecule has 5 heteroatoms. The maximum atomic E-state index is 13.4. The number of aromatic nitrogens is 2. The van der Waals surface area contributed by atoms with E-state index in [0.29, 0.717) is 24.9 Å². The SMILES string of the molecule is CCNCc1cc(F)ccc1OCc1cncn1C(C)C. The van der Waals surface area contributed by atoms with Gasteiger partial charge in [0, 0.05) is 18.2 Å². The molecule has 0 amide bonds. The van der Waals surface area contributed by atoms with Gasteiger partial charge in [0.2, 0.25) is 0 Å². The molecule has 21 heavy (non-hydrogen) atoms. The molecule has 1 N–H and O–H groups in total. The van der Waals surface area contributed by atoms with Crippen LogP contribution in [-0.4, -0.2) is 16.1 Å². The van der Waals surface area contributed by atoms with Crippen LogP contribution < -0.4 is 10.1 Å². The van der Waals surface area contributed by atoms with Crippen molar-refractivity contribution in [3.05, 3.63) is 47.8 Å². The average Bonchev–Trinajstić information content (AvgIpc) is 2.92. The van der Waals surface area contributed by atoms with Gasteiger partial charge in [-0.2, -0.15) is 0 Å². The maximum absolute atomic E-state index is 13.4. The quantitative estimate of drug-likeness (QED) is 0.851. The Morgan fingerprint density at radius 2 is 2.19 bits per heavy atom. The lowest BCUT2D eigenvalue weighted by Gasteiger charge is -2.15. The van der Waals surface area contributed by atoms with Gasteiger partial charge >= 0.3 is 0 Å². The van der Waals surface area contributed by atoms with Crippen LogP contribution in [0.4, 0.5) is 4.39 Å². The Morgan fingerprint density at radius 3 is 2.90 bits per heavy atom. The fraction of sp³-hybridized carbons (Fsp3) is 0.438. The zero-order valence-corrected chi connectivity index (χ0v) is 12.8. The van der Waals surface area contributed by atoms with E-state index >= 15 is 0 Å². The summed E-state index contributed by atoms with van der Waals surface area (Å²) in [5.41, 5.74) is 1.83. The van der Waals surface area contributed by atoms with Crippen LogP contribution in [0.25, 0.3) is 0 Å². The molecule has 0 saturated carbocycles. The van der Waals surface area contributed by atoms with E-state index < -0.39 is 0 Å². The number of hydrogen-bond acceptors (Lipinski definition) is 3. The van der Waals surface area contributed by atoms with Crippen molar-refractivity contribution in [3.63, 3.8) is 0 Å². The highest BCUT2D eigenvalue weighted by molar-refractivity contribution is 5.34. The van der Waals surface area contributed by atoms with Crippen molar-refractivity contribution in [3.8, 4) is 5.75 Å². The molecular weight excluding hydrogens is 269 g/mol. The van der Waals surface area contributed by atoms with E-state index in [1.807, 2.05) is 6.92 Å². The smallest absolute Gasteiger partial charge is 0.130 e. The second-order valence-electron chi connectivity index (χ2n) is 5.21. The van der Waals surface area contributed by atoms with E-state index in [0.717, 1.165) is 17.8 Å². The molecule has 0 atom stereocenters. The number of ether oxygens (including phenoxy) is 1. The molecule has 0 aliphatic carbocycles. The Labute approximate surface area is 125 Å². The largest absolute Gasteiger partial charge is 0.487 e. The summed E-state index contributed by atoms with van der Waals surface area (Å²) < 4.78 is 21.3. The topological polar surface area (TPSA) is 39.1 Å². The van der Waals surface area contributed by atoms with Crippen molar-refractivity contribution in [2.75, 3.05) is 6.54 Å². The van der Waals surface area contributed by atoms with Crippen LogP contribution in [0.2, 0.25) is 0 Å². The highest BCUT2D eigenvalue weighted by Crippen LogP contribution is 2.21. The van der Waals surface area contributed by atoms with E-state index in [-0.39, 0.29) is 5.82 Å². The first-order valence-corrected chi connectivity index (χ1v) is 7.24. The summed E-state index contributed by atoms with van der Waals surface area (Å²) in [4.78, 5) is 4.15. The summed E-state index contributed by atoms with van der Waals surface area (Å²) in [5.74, 6) is 0.455. The molecule has 0 spiro atoms. The molecule has 0 bridgehead atoms. The van der Waals surface area contributed by atoms with Gasteiger partial charge in [-0.3, -0.25) is 0 Å². The van der Waals surface area contributed by atoms with Gasteiger partial charge in [0.15, 0.2) is 0 Å². The van der Waals surface area contributed by atoms with Crippen molar-refractivity contribution in [1.82, 2.24) is 14.9 Å². The third-order valence-electron chi connectivity index (χ3n) is 3.27. The van der Waals surface area contributed by atoms with Crippen molar-refractivity contribution in [2.45, 2.75) is 40.0 Å². The third-order valence-corrected chi connectivity index (χ3v) is 3.27. The summed E-state index contributed by atoms with van der Waals surface area (Å²) in [7, 11) is 0. The van der Waals surface area contributed by atoms with Gasteiger partial charge in [-0.15, -0.1) is 0 Å². The summed E-state index contributed by atoms with van der Waals surface area (Å²) in [6, 6.07) is 4.95. The molecule has 1 heterocycles. The molecule has 2 aromatic rings. The molecule has 0 radical (unpaired) electrons. The van der Waals surface area contributed by atoms with E-state index in [4.69, 9.17) is 4.74 Å². The first kappa shape index (κ1) is 15.5. The predicted molar refractivity (Wildman–Crippen MR) is 80.7 cm³/mol. The predicted octanol–water partition coefficient (Wildman–Crippen LogP) is 3.29. The Hall–Kier alpha value is -1.88. The Balaban J connectivity index is 2.10. The van der Waals surface area contributed by atoms with E-state index in [1.54, 1.807) is 18.6 Å². The molecule has 4 nitrogen and oxygen atoms in total. The van der Waals surface area contributed by atoms with E-state index in [9.17, 15) is 4.39 Å². The Morgan fingerprint density at radius 1 is 1.38 bits per heavy atom. The Bertz CT molecular complexity index is 581. The van der Waals surface area contributed by atoms with Gasteiger partial charge in [0.05, 0.1) is 18.2 Å². The summed E-state index contributed by atoms with van der Waals surface area (Å²) in [6.07, 6.45) is 3.60. The lowest BCUT2D eigenvalue weighted by molar-refractivity contribution is 0.288. The fourth-order valence-electron chi connectivity index (χ4n) is 2.15. The first-order chi connectivity index (χ1) is 10.1. The first-order valence-electron chi connectivity index (χ1n) is 7.24. The number of hydrogen-bond donors (Lipinski definition) is 1. The van der Waals surface area contributed by atoms with E-state index in [2.05, 4.69) is 28.7 Å². The average molecular weight is 291 g/mol. The minimum atomic E-state index is -0.248. The highest BCUT2D eigenvalue weighted by atomic mass is 19.1. The third kappa shape index (κ3) is 4.04. The molecule has 0 fully saturated rings. The van der Waals surface area contributed by atoms with Gasteiger partial charge in [-0.25, -0.2) is 9.37 Å². The van der Waals surface area contributed by atoms with Crippen LogP contribution in [-0.2, 0) is 13.2 Å². The monoisotopic (exact) mass is 291 g/mol. The summed E-state index contributed by atoms with van der Waals surface area (Å²) in [6.45, 7) is 8.05. The van der Waals surface area contributed by atoms with Crippen LogP contribution >= 0.6 is 0 Å². The fourth-order valence-corrected chi connectivity index (χ4v) is 2.15. The standard InChI is InChI=1S/C16H22FN3O/c1-4-18-8-13-7-14(17)5-6-16(13)21-10-15-9-19-11-20(15)12(2)3/h5-7,9,11-12,18H,4,8,10H2,1-3H3. The molecule has 0 saturated heterocycles. The number of imidazole rings is 1. The minimum absolute atomic E-state index is 0.248. The minimum Gasteiger partial charge on any atom is -0.487 e. The van der Waals surface area contributed by atoms with Crippen molar-refractivity contribution < 1.29 is 9.13 Å². The van der Waals surface area contributed by atoms with Crippen LogP contribution in [0.1, 0.15) is 38.1 Å². The van der Waals surface area contributed by atoms with Gasteiger partial charge in [-0.05, 0) is 38.6 Å². The molecular formula is C16H22FN3O. The van der Waals surface area contributed by atoms with Gasteiger partial charge < -0.3 is 14.6 Å². The highest BCUT2D eigenvalue weighted by Gasteiger charge is 2.09. The van der Waals surface area contributed by atoms with Crippen LogP contribution in [0, 0.1) is 5.82 Å². The summed E-state index contributed by atoms with van der Waals surface area (Å²) >= 11 is 0. The lowest BCUT2D eigenvalue weighted by atomic mass is 10.2. The number of rotatable bonds is 7. The van der Waals surface area contributed by atoms with E-state index in [1.165, 1.54) is 12.1 Å². The van der Waals surface area contributed by atoms with Crippen LogP contribution in [0.3, 0.4) is 0 Å². The number of benzene rings is 1. The lowest BCUT2D eigenvalue weighted by Crippen LogP contribution is -2.13. The molecule has 0 unspecified atom stereocenters. The van der Waals surface area contributed by atoms with Gasteiger partial charge in [0.1, 0.15) is 18.2 Å². The molecule has 2 rings (SSSR count). The van der Waals surface area contributed by atoms with Gasteiger partial charge in [0.25, 0.3) is 0 Å². The van der Waals surface area contributed by atoms with Gasteiger partial charge in [-0.1, -0.05) is 6.92 Å². The molecule has 1 aromatic carbocycles. The van der Waals surface area contributed by atoms with Crippen LogP contribution in [0.5, 0.6) is 5.75 Å². The second kappa shape index (κ2) is 7.22. The number of nitrogens with one attached hydrogen (secondary N) is 1. The second-order valence-corrected chi connectivity index (χ2v) is 5.21. The molecule has 114 valence electrons. The van der Waals surface area contributed by atoms with Crippen molar-refractivity contribution in [1.29, 1.82) is 0 Å². The molecule has 1 aromatic heterocycles. The van der Waals surface area contributed by atoms with Crippen LogP contribution in [0.15, 0.2) is 30.7 Å².